The van der Waals surface area contributed by atoms with Gasteiger partial charge in [0.25, 0.3) is 0 Å². The van der Waals surface area contributed by atoms with Crippen molar-refractivity contribution in [2.24, 2.45) is 0 Å². The zero-order chi connectivity index (χ0) is 11.1. The van der Waals surface area contributed by atoms with Gasteiger partial charge >= 0.3 is 0 Å². The van der Waals surface area contributed by atoms with Crippen LogP contribution in [0.5, 0.6) is 0 Å². The Kier molecular flexibility index (Phi) is 6.41. The van der Waals surface area contributed by atoms with Crippen molar-refractivity contribution in [3.05, 3.63) is 0 Å². The van der Waals surface area contributed by atoms with E-state index < -0.39 is 0 Å². The lowest BCUT2D eigenvalue weighted by Gasteiger charge is -2.22. The molecule has 0 radical (unpaired) electrons. The molecule has 2 rings (SSSR count). The molecule has 0 N–H and O–H groups in total. The van der Waals surface area contributed by atoms with Gasteiger partial charge in [-0.25, -0.2) is 0 Å². The number of hydrogen-bond acceptors (Lipinski definition) is 4. The summed E-state index contributed by atoms with van der Waals surface area (Å²) in [6, 6.07) is 0. The number of rotatable bonds is 5. The molecule has 0 spiro atoms. The van der Waals surface area contributed by atoms with Gasteiger partial charge < -0.3 is 8.37 Å². The van der Waals surface area contributed by atoms with Gasteiger partial charge in [0.05, 0.1) is 34.4 Å². The molecule has 4 heteroatoms. The summed E-state index contributed by atoms with van der Waals surface area (Å²) in [4.78, 5) is 0. The largest absolute Gasteiger partial charge is 0.300 e. The molecule has 0 amide bonds. The highest BCUT2D eigenvalue weighted by Crippen LogP contribution is 2.34. The molecule has 2 nitrogen and oxygen atoms in total. The molecule has 94 valence electrons. The van der Waals surface area contributed by atoms with Crippen LogP contribution < -0.4 is 0 Å². The predicted molar refractivity (Wildman–Crippen MR) is 71.1 cm³/mol. The van der Waals surface area contributed by atoms with Gasteiger partial charge in [-0.15, -0.1) is 0 Å². The molecule has 0 heterocycles. The Morgan fingerprint density at radius 2 is 0.938 bits per heavy atom. The van der Waals surface area contributed by atoms with Crippen LogP contribution in [0.1, 0.15) is 64.2 Å². The summed E-state index contributed by atoms with van der Waals surface area (Å²) in [7, 11) is 0. The van der Waals surface area contributed by atoms with E-state index in [1.54, 1.807) is 0 Å². The lowest BCUT2D eigenvalue weighted by atomic mass is 9.98. The Morgan fingerprint density at radius 3 is 1.31 bits per heavy atom. The van der Waals surface area contributed by atoms with E-state index in [-0.39, 0.29) is 0 Å². The van der Waals surface area contributed by atoms with Gasteiger partial charge in [0.2, 0.25) is 0 Å². The Morgan fingerprint density at radius 1 is 0.562 bits per heavy atom. The normalized spacial score (nSPS) is 24.8. The molecular weight excluding hydrogens is 240 g/mol. The molecule has 2 fully saturated rings. The summed E-state index contributed by atoms with van der Waals surface area (Å²) in [5, 5.41) is 0. The van der Waals surface area contributed by atoms with Crippen molar-refractivity contribution in [1.29, 1.82) is 0 Å². The minimum absolute atomic E-state index is 0.473. The van der Waals surface area contributed by atoms with E-state index in [0.29, 0.717) is 12.2 Å². The van der Waals surface area contributed by atoms with Crippen LogP contribution in [0.4, 0.5) is 0 Å². The monoisotopic (exact) mass is 262 g/mol. The fourth-order valence-electron chi connectivity index (χ4n) is 2.47. The standard InChI is InChI=1S/C12H22O2S2/c1-3-7-11(8-4-1)13-15-16-14-12-9-5-2-6-10-12/h11-12H,1-10H2. The quantitative estimate of drug-likeness (QED) is 0.398. The van der Waals surface area contributed by atoms with Gasteiger partial charge in [0.1, 0.15) is 0 Å². The van der Waals surface area contributed by atoms with E-state index in [2.05, 4.69) is 0 Å². The second-order valence-electron chi connectivity index (χ2n) is 4.85. The van der Waals surface area contributed by atoms with Crippen LogP contribution in [0.25, 0.3) is 0 Å². The molecule has 0 aromatic heterocycles. The second-order valence-corrected chi connectivity index (χ2v) is 6.32. The molecule has 16 heavy (non-hydrogen) atoms. The van der Waals surface area contributed by atoms with Gasteiger partial charge in [0.15, 0.2) is 0 Å². The van der Waals surface area contributed by atoms with E-state index in [1.807, 2.05) is 0 Å². The van der Waals surface area contributed by atoms with Crippen molar-refractivity contribution >= 4 is 22.1 Å². The summed E-state index contributed by atoms with van der Waals surface area (Å²) in [6.07, 6.45) is 14.0. The van der Waals surface area contributed by atoms with Crippen molar-refractivity contribution in [3.8, 4) is 0 Å². The van der Waals surface area contributed by atoms with E-state index >= 15 is 0 Å². The van der Waals surface area contributed by atoms with Crippen LogP contribution >= 0.6 is 22.1 Å². The Labute approximate surface area is 107 Å². The van der Waals surface area contributed by atoms with Crippen molar-refractivity contribution in [2.75, 3.05) is 0 Å². The molecule has 0 bridgehead atoms. The van der Waals surface area contributed by atoms with Crippen molar-refractivity contribution < 1.29 is 8.37 Å². The van der Waals surface area contributed by atoms with Gasteiger partial charge in [-0.1, -0.05) is 38.5 Å². The third-order valence-corrected chi connectivity index (χ3v) is 4.88. The van der Waals surface area contributed by atoms with Gasteiger partial charge in [-0.3, -0.25) is 0 Å². The molecule has 0 atom stereocenters. The second kappa shape index (κ2) is 7.85. The van der Waals surface area contributed by atoms with Crippen molar-refractivity contribution in [2.45, 2.75) is 76.4 Å². The maximum absolute atomic E-state index is 5.73. The molecule has 0 aromatic carbocycles. The average molecular weight is 262 g/mol. The molecule has 0 unspecified atom stereocenters. The summed E-state index contributed by atoms with van der Waals surface area (Å²) >= 11 is 2.90. The maximum Gasteiger partial charge on any atom is 0.0928 e. The lowest BCUT2D eigenvalue weighted by Crippen LogP contribution is -2.14. The predicted octanol–water partition coefficient (Wildman–Crippen LogP) is 4.90. The molecule has 0 aliphatic heterocycles. The molecule has 2 aliphatic rings. The first-order chi connectivity index (χ1) is 7.95. The first kappa shape index (κ1) is 13.1. The fraction of sp³-hybridized carbons (Fsp3) is 1.00. The van der Waals surface area contributed by atoms with Crippen LogP contribution in [0.15, 0.2) is 0 Å². The van der Waals surface area contributed by atoms with Gasteiger partial charge in [0, 0.05) is 0 Å². The van der Waals surface area contributed by atoms with Crippen LogP contribution in [-0.4, -0.2) is 12.2 Å². The topological polar surface area (TPSA) is 18.5 Å². The fourth-order valence-corrected chi connectivity index (χ4v) is 4.00. The lowest BCUT2D eigenvalue weighted by molar-refractivity contribution is 0.180. The minimum Gasteiger partial charge on any atom is -0.300 e. The number of hydrogen-bond donors (Lipinski definition) is 0. The van der Waals surface area contributed by atoms with E-state index in [9.17, 15) is 0 Å². The minimum atomic E-state index is 0.473. The first-order valence-corrected chi connectivity index (χ1v) is 8.60. The summed E-state index contributed by atoms with van der Waals surface area (Å²) in [5.41, 5.74) is 0. The van der Waals surface area contributed by atoms with Crippen LogP contribution in [0, 0.1) is 0 Å². The molecule has 0 aromatic rings. The van der Waals surface area contributed by atoms with Crippen LogP contribution in [-0.2, 0) is 8.37 Å². The summed E-state index contributed by atoms with van der Waals surface area (Å²) in [6.45, 7) is 0. The highest BCUT2D eigenvalue weighted by atomic mass is 33.1. The molecular formula is C12H22O2S2. The van der Waals surface area contributed by atoms with Gasteiger partial charge in [-0.05, 0) is 25.7 Å². The Balaban J connectivity index is 1.47. The molecule has 0 saturated heterocycles. The first-order valence-electron chi connectivity index (χ1n) is 6.60. The third kappa shape index (κ3) is 4.86. The zero-order valence-corrected chi connectivity index (χ0v) is 11.5. The van der Waals surface area contributed by atoms with Gasteiger partial charge in [-0.2, -0.15) is 0 Å². The van der Waals surface area contributed by atoms with E-state index in [4.69, 9.17) is 8.37 Å². The summed E-state index contributed by atoms with van der Waals surface area (Å²) in [5.74, 6) is 0. The highest BCUT2D eigenvalue weighted by Gasteiger charge is 2.17. The highest BCUT2D eigenvalue weighted by molar-refractivity contribution is 8.73. The maximum atomic E-state index is 5.73. The smallest absolute Gasteiger partial charge is 0.0928 e. The summed E-state index contributed by atoms with van der Waals surface area (Å²) < 4.78 is 11.5. The molecule has 2 aliphatic carbocycles. The zero-order valence-electron chi connectivity index (χ0n) is 9.86. The third-order valence-electron chi connectivity index (χ3n) is 3.48. The average Bonchev–Trinajstić information content (AvgIpc) is 2.37. The van der Waals surface area contributed by atoms with Crippen LogP contribution in [0.2, 0.25) is 0 Å². The van der Waals surface area contributed by atoms with E-state index in [0.717, 1.165) is 0 Å². The van der Waals surface area contributed by atoms with Crippen molar-refractivity contribution in [3.63, 3.8) is 0 Å². The SMILES string of the molecule is C1CCC(OSSOC2CCCCC2)CC1. The Hall–Kier alpha value is 0.620. The van der Waals surface area contributed by atoms with Crippen LogP contribution in [0.3, 0.4) is 0 Å². The van der Waals surface area contributed by atoms with Crippen molar-refractivity contribution in [1.82, 2.24) is 0 Å². The van der Waals surface area contributed by atoms with E-state index in [1.165, 1.54) is 86.4 Å². The Bertz CT molecular complexity index is 158. The molecule has 2 saturated carbocycles.